The lowest BCUT2D eigenvalue weighted by Gasteiger charge is -2.11. The van der Waals surface area contributed by atoms with Crippen LogP contribution in [0.3, 0.4) is 0 Å². The summed E-state index contributed by atoms with van der Waals surface area (Å²) in [7, 11) is -3.77. The Morgan fingerprint density at radius 3 is 2.62 bits per heavy atom. The third kappa shape index (κ3) is 4.23. The summed E-state index contributed by atoms with van der Waals surface area (Å²) in [5.74, 6) is -0.523. The summed E-state index contributed by atoms with van der Waals surface area (Å²) >= 11 is 0. The number of benzene rings is 1. The van der Waals surface area contributed by atoms with E-state index in [1.165, 1.54) is 18.2 Å². The lowest BCUT2D eigenvalue weighted by atomic mass is 10.1. The molecule has 1 aromatic rings. The summed E-state index contributed by atoms with van der Waals surface area (Å²) in [5, 5.41) is 14.3. The molecule has 90 valence electrons. The van der Waals surface area contributed by atoms with Crippen LogP contribution in [0.2, 0.25) is 0 Å². The Morgan fingerprint density at radius 1 is 1.44 bits per heavy atom. The first-order valence-corrected chi connectivity index (χ1v) is 6.14. The average Bonchev–Trinajstić information content (AvgIpc) is 2.16. The summed E-state index contributed by atoms with van der Waals surface area (Å²) in [4.78, 5) is 0. The minimum absolute atomic E-state index is 0.0473. The van der Waals surface area contributed by atoms with Crippen molar-refractivity contribution in [3.05, 3.63) is 35.6 Å². The first kappa shape index (κ1) is 13.0. The lowest BCUT2D eigenvalue weighted by molar-refractivity contribution is 0.164. The van der Waals surface area contributed by atoms with Gasteiger partial charge in [0.1, 0.15) is 5.82 Å². The second-order valence-electron chi connectivity index (χ2n) is 3.27. The molecule has 0 fully saturated rings. The van der Waals surface area contributed by atoms with Crippen molar-refractivity contribution in [3.63, 3.8) is 0 Å². The molecule has 0 spiro atoms. The highest BCUT2D eigenvalue weighted by Crippen LogP contribution is 2.18. The molecule has 7 heteroatoms. The molecule has 4 N–H and O–H groups in total. The highest BCUT2D eigenvalue weighted by atomic mass is 32.2. The maximum atomic E-state index is 13.2. The van der Waals surface area contributed by atoms with Gasteiger partial charge in [0.2, 0.25) is 0 Å². The predicted molar refractivity (Wildman–Crippen MR) is 57.1 cm³/mol. The van der Waals surface area contributed by atoms with Crippen molar-refractivity contribution in [2.75, 3.05) is 6.54 Å². The molecular formula is C9H13FN2O3S. The van der Waals surface area contributed by atoms with E-state index in [0.29, 0.717) is 0 Å². The van der Waals surface area contributed by atoms with E-state index in [9.17, 15) is 17.9 Å². The minimum atomic E-state index is -3.77. The smallest absolute Gasteiger partial charge is 0.274 e. The monoisotopic (exact) mass is 248 g/mol. The van der Waals surface area contributed by atoms with Crippen LogP contribution in [0.15, 0.2) is 24.3 Å². The molecular weight excluding hydrogens is 235 g/mol. The molecule has 0 unspecified atom stereocenters. The van der Waals surface area contributed by atoms with Crippen LogP contribution >= 0.6 is 0 Å². The van der Waals surface area contributed by atoms with E-state index in [2.05, 4.69) is 0 Å². The quantitative estimate of drug-likeness (QED) is 0.687. The summed E-state index contributed by atoms with van der Waals surface area (Å²) in [5.41, 5.74) is 0.138. The van der Waals surface area contributed by atoms with Gasteiger partial charge in [-0.1, -0.05) is 18.2 Å². The van der Waals surface area contributed by atoms with Gasteiger partial charge in [0.25, 0.3) is 10.2 Å². The molecule has 0 saturated carbocycles. The van der Waals surface area contributed by atoms with Crippen LogP contribution < -0.4 is 9.86 Å². The molecule has 5 nitrogen and oxygen atoms in total. The van der Waals surface area contributed by atoms with Gasteiger partial charge in [0, 0.05) is 12.1 Å². The zero-order valence-corrected chi connectivity index (χ0v) is 9.24. The van der Waals surface area contributed by atoms with Gasteiger partial charge in [-0.25, -0.2) is 14.3 Å². The zero-order valence-electron chi connectivity index (χ0n) is 8.43. The topological polar surface area (TPSA) is 92.4 Å². The van der Waals surface area contributed by atoms with Gasteiger partial charge in [-0.3, -0.25) is 0 Å². The Kier molecular flexibility index (Phi) is 4.36. The first-order valence-electron chi connectivity index (χ1n) is 4.60. The maximum Gasteiger partial charge on any atom is 0.274 e. The summed E-state index contributed by atoms with van der Waals surface area (Å²) in [6.07, 6.45) is -1.01. The van der Waals surface area contributed by atoms with Crippen molar-refractivity contribution < 1.29 is 17.9 Å². The molecule has 1 atom stereocenters. The van der Waals surface area contributed by atoms with Crippen LogP contribution in [0.1, 0.15) is 18.1 Å². The predicted octanol–water partition coefficient (Wildman–Crippen LogP) is 0.0423. The molecule has 0 amide bonds. The van der Waals surface area contributed by atoms with E-state index in [1.807, 2.05) is 4.72 Å². The minimum Gasteiger partial charge on any atom is -0.388 e. The van der Waals surface area contributed by atoms with E-state index in [-0.39, 0.29) is 18.5 Å². The average molecular weight is 248 g/mol. The molecule has 16 heavy (non-hydrogen) atoms. The molecule has 1 rings (SSSR count). The summed E-state index contributed by atoms with van der Waals surface area (Å²) in [6, 6.07) is 5.77. The number of aliphatic hydroxyl groups is 1. The third-order valence-electron chi connectivity index (χ3n) is 1.99. The summed E-state index contributed by atoms with van der Waals surface area (Å²) < 4.78 is 36.2. The number of nitrogens with two attached hydrogens (primary N) is 1. The molecule has 0 bridgehead atoms. The zero-order chi connectivity index (χ0) is 12.2. The second-order valence-corrected chi connectivity index (χ2v) is 4.64. The van der Waals surface area contributed by atoms with Gasteiger partial charge < -0.3 is 5.11 Å². The Morgan fingerprint density at radius 2 is 2.06 bits per heavy atom. The lowest BCUT2D eigenvalue weighted by Crippen LogP contribution is -2.32. The number of halogens is 1. The van der Waals surface area contributed by atoms with Crippen LogP contribution in [0.5, 0.6) is 0 Å². The van der Waals surface area contributed by atoms with Crippen molar-refractivity contribution in [2.24, 2.45) is 5.14 Å². The van der Waals surface area contributed by atoms with Crippen molar-refractivity contribution in [1.29, 1.82) is 0 Å². The van der Waals surface area contributed by atoms with Crippen molar-refractivity contribution in [1.82, 2.24) is 4.72 Å². The van der Waals surface area contributed by atoms with Gasteiger partial charge in [0.05, 0.1) is 6.10 Å². The molecule has 1 aromatic carbocycles. The largest absolute Gasteiger partial charge is 0.388 e. The van der Waals surface area contributed by atoms with Crippen LogP contribution in [0.4, 0.5) is 4.39 Å². The molecule has 0 aromatic heterocycles. The van der Waals surface area contributed by atoms with Crippen molar-refractivity contribution in [3.8, 4) is 0 Å². The SMILES string of the molecule is NS(=O)(=O)NCC[C@@H](O)c1ccccc1F. The third-order valence-corrected chi connectivity index (χ3v) is 2.59. The van der Waals surface area contributed by atoms with Crippen LogP contribution in [-0.4, -0.2) is 20.1 Å². The fourth-order valence-electron chi connectivity index (χ4n) is 1.24. The molecule has 0 radical (unpaired) electrons. The summed E-state index contributed by atoms with van der Waals surface area (Å²) in [6.45, 7) is -0.0473. The van der Waals surface area contributed by atoms with Gasteiger partial charge in [0.15, 0.2) is 0 Å². The molecule has 0 aliphatic rings. The molecule has 0 aliphatic carbocycles. The number of nitrogens with one attached hydrogen (secondary N) is 1. The second kappa shape index (κ2) is 5.35. The molecule has 0 aliphatic heterocycles. The fraction of sp³-hybridized carbons (Fsp3) is 0.333. The van der Waals surface area contributed by atoms with Crippen LogP contribution in [-0.2, 0) is 10.2 Å². The number of aliphatic hydroxyl groups excluding tert-OH is 1. The number of hydrogen-bond acceptors (Lipinski definition) is 3. The van der Waals surface area contributed by atoms with E-state index in [0.717, 1.165) is 0 Å². The highest BCUT2D eigenvalue weighted by molar-refractivity contribution is 7.87. The standard InChI is InChI=1S/C9H13FN2O3S/c10-8-4-2-1-3-7(8)9(13)5-6-12-16(11,14)15/h1-4,9,12-13H,5-6H2,(H2,11,14,15)/t9-/m1/s1. The van der Waals surface area contributed by atoms with E-state index < -0.39 is 22.1 Å². The number of rotatable bonds is 5. The Labute approximate surface area is 93.3 Å². The van der Waals surface area contributed by atoms with E-state index in [1.54, 1.807) is 6.07 Å². The Hall–Kier alpha value is -1.02. The van der Waals surface area contributed by atoms with E-state index >= 15 is 0 Å². The molecule has 0 saturated heterocycles. The number of hydrogen-bond donors (Lipinski definition) is 3. The fourth-order valence-corrected chi connectivity index (χ4v) is 1.64. The Bertz CT molecular complexity index is 450. The normalized spacial score (nSPS) is 13.7. The van der Waals surface area contributed by atoms with Crippen LogP contribution in [0, 0.1) is 5.82 Å². The van der Waals surface area contributed by atoms with Crippen LogP contribution in [0.25, 0.3) is 0 Å². The maximum absolute atomic E-state index is 13.2. The van der Waals surface area contributed by atoms with Gasteiger partial charge >= 0.3 is 0 Å². The Balaban J connectivity index is 2.54. The van der Waals surface area contributed by atoms with Gasteiger partial charge in [-0.15, -0.1) is 0 Å². The molecule has 0 heterocycles. The highest BCUT2D eigenvalue weighted by Gasteiger charge is 2.12. The van der Waals surface area contributed by atoms with Crippen molar-refractivity contribution >= 4 is 10.2 Å². The van der Waals surface area contributed by atoms with Crippen molar-refractivity contribution in [2.45, 2.75) is 12.5 Å². The van der Waals surface area contributed by atoms with Gasteiger partial charge in [-0.2, -0.15) is 8.42 Å². The first-order chi connectivity index (χ1) is 7.40. The van der Waals surface area contributed by atoms with Gasteiger partial charge in [-0.05, 0) is 12.5 Å². The van der Waals surface area contributed by atoms with E-state index in [4.69, 9.17) is 5.14 Å².